The number of hydrogen-bond donors (Lipinski definition) is 2. The number of methoxy groups -OCH3 is 1. The lowest BCUT2D eigenvalue weighted by atomic mass is 10.1. The van der Waals surface area contributed by atoms with Crippen molar-refractivity contribution < 1.29 is 4.74 Å². The smallest absolute Gasteiger partial charge is 0.124 e. The van der Waals surface area contributed by atoms with Gasteiger partial charge in [-0.15, -0.1) is 0 Å². The zero-order valence-electron chi connectivity index (χ0n) is 9.82. The van der Waals surface area contributed by atoms with Gasteiger partial charge in [0.15, 0.2) is 0 Å². The van der Waals surface area contributed by atoms with Crippen LogP contribution in [-0.4, -0.2) is 17.1 Å². The lowest BCUT2D eigenvalue weighted by Crippen LogP contribution is -2.17. The van der Waals surface area contributed by atoms with Gasteiger partial charge in [-0.25, -0.2) is 4.98 Å². The van der Waals surface area contributed by atoms with Gasteiger partial charge < -0.3 is 15.5 Å². The van der Waals surface area contributed by atoms with E-state index in [0.717, 1.165) is 22.6 Å². The molecule has 1 heterocycles. The molecule has 3 N–H and O–H groups in total. The molecule has 0 aliphatic rings. The summed E-state index contributed by atoms with van der Waals surface area (Å²) in [6, 6.07) is 5.70. The molecule has 16 heavy (non-hydrogen) atoms. The van der Waals surface area contributed by atoms with Crippen molar-refractivity contribution in [1.29, 1.82) is 0 Å². The summed E-state index contributed by atoms with van der Waals surface area (Å²) >= 11 is 0. The fourth-order valence-electron chi connectivity index (χ4n) is 1.61. The number of nitrogens with zero attached hydrogens (tertiary/aromatic N) is 1. The SMILES string of the molecule is COc1ccc2nc(C(N)C(C)C)[nH]c2c1. The molecule has 86 valence electrons. The van der Waals surface area contributed by atoms with Gasteiger partial charge in [-0.05, 0) is 18.1 Å². The summed E-state index contributed by atoms with van der Waals surface area (Å²) in [6.45, 7) is 4.16. The predicted octanol–water partition coefficient (Wildman–Crippen LogP) is 2.23. The number of aromatic nitrogens is 2. The minimum Gasteiger partial charge on any atom is -0.497 e. The Morgan fingerprint density at radius 3 is 2.75 bits per heavy atom. The van der Waals surface area contributed by atoms with Crippen LogP contribution >= 0.6 is 0 Å². The first-order chi connectivity index (χ1) is 7.61. The van der Waals surface area contributed by atoms with Gasteiger partial charge in [0.1, 0.15) is 11.6 Å². The summed E-state index contributed by atoms with van der Waals surface area (Å²) < 4.78 is 5.16. The van der Waals surface area contributed by atoms with Crippen LogP contribution in [0.4, 0.5) is 0 Å². The summed E-state index contributed by atoms with van der Waals surface area (Å²) in [4.78, 5) is 7.71. The first-order valence-electron chi connectivity index (χ1n) is 5.41. The topological polar surface area (TPSA) is 63.9 Å². The molecule has 0 radical (unpaired) electrons. The Labute approximate surface area is 94.8 Å². The van der Waals surface area contributed by atoms with E-state index in [9.17, 15) is 0 Å². The normalized spacial score (nSPS) is 13.3. The largest absolute Gasteiger partial charge is 0.497 e. The van der Waals surface area contributed by atoms with Crippen molar-refractivity contribution in [3.63, 3.8) is 0 Å². The minimum atomic E-state index is -0.0570. The second-order valence-electron chi connectivity index (χ2n) is 4.27. The number of aromatic amines is 1. The lowest BCUT2D eigenvalue weighted by Gasteiger charge is -2.11. The molecular weight excluding hydrogens is 202 g/mol. The van der Waals surface area contributed by atoms with Gasteiger partial charge in [0, 0.05) is 6.07 Å². The third-order valence-electron chi connectivity index (χ3n) is 2.74. The van der Waals surface area contributed by atoms with Gasteiger partial charge in [-0.1, -0.05) is 13.8 Å². The van der Waals surface area contributed by atoms with Crippen LogP contribution < -0.4 is 10.5 Å². The fraction of sp³-hybridized carbons (Fsp3) is 0.417. The summed E-state index contributed by atoms with van der Waals surface area (Å²) in [5.74, 6) is 2.02. The number of benzene rings is 1. The standard InChI is InChI=1S/C12H17N3O/c1-7(2)11(13)12-14-9-5-4-8(16-3)6-10(9)15-12/h4-7,11H,13H2,1-3H3,(H,14,15). The number of nitrogens with two attached hydrogens (primary N) is 1. The zero-order valence-corrected chi connectivity index (χ0v) is 9.82. The van der Waals surface area contributed by atoms with E-state index >= 15 is 0 Å². The van der Waals surface area contributed by atoms with E-state index in [2.05, 4.69) is 23.8 Å². The maximum atomic E-state index is 6.05. The maximum absolute atomic E-state index is 6.05. The average Bonchev–Trinajstić information content (AvgIpc) is 2.69. The van der Waals surface area contributed by atoms with Crippen LogP contribution in [0.2, 0.25) is 0 Å². The zero-order chi connectivity index (χ0) is 11.7. The molecule has 0 saturated heterocycles. The lowest BCUT2D eigenvalue weighted by molar-refractivity contribution is 0.415. The summed E-state index contributed by atoms with van der Waals surface area (Å²) in [7, 11) is 1.65. The molecule has 1 aromatic carbocycles. The Morgan fingerprint density at radius 1 is 1.38 bits per heavy atom. The van der Waals surface area contributed by atoms with E-state index in [1.165, 1.54) is 0 Å². The van der Waals surface area contributed by atoms with E-state index < -0.39 is 0 Å². The van der Waals surface area contributed by atoms with Crippen LogP contribution in [-0.2, 0) is 0 Å². The van der Waals surface area contributed by atoms with Crippen LogP contribution in [0.1, 0.15) is 25.7 Å². The number of ether oxygens (including phenoxy) is 1. The summed E-state index contributed by atoms with van der Waals surface area (Å²) in [5.41, 5.74) is 7.93. The first kappa shape index (κ1) is 11.0. The van der Waals surface area contributed by atoms with Gasteiger partial charge in [-0.3, -0.25) is 0 Å². The van der Waals surface area contributed by atoms with Crippen molar-refractivity contribution in [2.75, 3.05) is 7.11 Å². The van der Waals surface area contributed by atoms with Gasteiger partial charge in [0.05, 0.1) is 24.2 Å². The number of imidazole rings is 1. The predicted molar refractivity (Wildman–Crippen MR) is 64.4 cm³/mol. The Bertz CT molecular complexity index is 490. The van der Waals surface area contributed by atoms with E-state index in [-0.39, 0.29) is 6.04 Å². The van der Waals surface area contributed by atoms with Crippen LogP contribution in [0, 0.1) is 5.92 Å². The highest BCUT2D eigenvalue weighted by molar-refractivity contribution is 5.76. The highest BCUT2D eigenvalue weighted by Gasteiger charge is 2.14. The van der Waals surface area contributed by atoms with Crippen molar-refractivity contribution in [2.45, 2.75) is 19.9 Å². The molecule has 0 spiro atoms. The minimum absolute atomic E-state index is 0.0570. The van der Waals surface area contributed by atoms with Crippen LogP contribution in [0.25, 0.3) is 11.0 Å². The molecule has 0 aliphatic carbocycles. The Balaban J connectivity index is 2.43. The van der Waals surface area contributed by atoms with E-state index in [4.69, 9.17) is 10.5 Å². The van der Waals surface area contributed by atoms with E-state index in [1.54, 1.807) is 7.11 Å². The van der Waals surface area contributed by atoms with Crippen molar-refractivity contribution in [2.24, 2.45) is 11.7 Å². The molecule has 0 amide bonds. The van der Waals surface area contributed by atoms with Crippen LogP contribution in [0.15, 0.2) is 18.2 Å². The quantitative estimate of drug-likeness (QED) is 0.832. The maximum Gasteiger partial charge on any atom is 0.124 e. The van der Waals surface area contributed by atoms with Gasteiger partial charge >= 0.3 is 0 Å². The Morgan fingerprint density at radius 2 is 2.12 bits per heavy atom. The monoisotopic (exact) mass is 219 g/mol. The molecule has 1 unspecified atom stereocenters. The molecule has 1 aromatic heterocycles. The molecule has 0 saturated carbocycles. The van der Waals surface area contributed by atoms with E-state index in [1.807, 2.05) is 18.2 Å². The number of nitrogens with one attached hydrogen (secondary N) is 1. The van der Waals surface area contributed by atoms with Gasteiger partial charge in [0.25, 0.3) is 0 Å². The second-order valence-corrected chi connectivity index (χ2v) is 4.27. The van der Waals surface area contributed by atoms with E-state index in [0.29, 0.717) is 5.92 Å². The third kappa shape index (κ3) is 1.88. The third-order valence-corrected chi connectivity index (χ3v) is 2.74. The van der Waals surface area contributed by atoms with Crippen molar-refractivity contribution >= 4 is 11.0 Å². The molecular formula is C12H17N3O. The Kier molecular flexibility index (Phi) is 2.83. The Hall–Kier alpha value is -1.55. The van der Waals surface area contributed by atoms with Gasteiger partial charge in [0.2, 0.25) is 0 Å². The first-order valence-corrected chi connectivity index (χ1v) is 5.41. The molecule has 4 nitrogen and oxygen atoms in total. The second kappa shape index (κ2) is 4.14. The number of fused-ring (bicyclic) bond motifs is 1. The van der Waals surface area contributed by atoms with Crippen molar-refractivity contribution in [1.82, 2.24) is 9.97 Å². The van der Waals surface area contributed by atoms with Crippen LogP contribution in [0.5, 0.6) is 5.75 Å². The molecule has 2 aromatic rings. The summed E-state index contributed by atoms with van der Waals surface area (Å²) in [6.07, 6.45) is 0. The van der Waals surface area contributed by atoms with Crippen molar-refractivity contribution in [3.05, 3.63) is 24.0 Å². The number of rotatable bonds is 3. The average molecular weight is 219 g/mol. The van der Waals surface area contributed by atoms with Crippen LogP contribution in [0.3, 0.4) is 0 Å². The number of H-pyrrole nitrogens is 1. The van der Waals surface area contributed by atoms with Gasteiger partial charge in [-0.2, -0.15) is 0 Å². The molecule has 2 rings (SSSR count). The summed E-state index contributed by atoms with van der Waals surface area (Å²) in [5, 5.41) is 0. The molecule has 0 bridgehead atoms. The molecule has 4 heteroatoms. The molecule has 0 aliphatic heterocycles. The highest BCUT2D eigenvalue weighted by atomic mass is 16.5. The fourth-order valence-corrected chi connectivity index (χ4v) is 1.61. The number of hydrogen-bond acceptors (Lipinski definition) is 3. The van der Waals surface area contributed by atoms with Crippen molar-refractivity contribution in [3.8, 4) is 5.75 Å². The molecule has 1 atom stereocenters. The molecule has 0 fully saturated rings. The highest BCUT2D eigenvalue weighted by Crippen LogP contribution is 2.22.